The van der Waals surface area contributed by atoms with E-state index in [-0.39, 0.29) is 5.03 Å². The zero-order valence-electron chi connectivity index (χ0n) is 7.24. The van der Waals surface area contributed by atoms with Gasteiger partial charge in [0.15, 0.2) is 14.9 Å². The maximum Gasteiger partial charge on any atom is 0.192 e. The molecule has 13 heavy (non-hydrogen) atoms. The molecule has 1 aliphatic heterocycles. The van der Waals surface area contributed by atoms with Crippen LogP contribution in [0.1, 0.15) is 11.1 Å². The second-order valence-corrected chi connectivity index (χ2v) is 5.13. The highest BCUT2D eigenvalue weighted by Gasteiger charge is 2.15. The molecular weight excluding hydrogens is 188 g/mol. The van der Waals surface area contributed by atoms with E-state index in [1.165, 1.54) is 6.26 Å². The Morgan fingerprint density at radius 1 is 1.38 bits per heavy atom. The van der Waals surface area contributed by atoms with Gasteiger partial charge in [0.25, 0.3) is 0 Å². The number of sulfone groups is 1. The summed E-state index contributed by atoms with van der Waals surface area (Å²) >= 11 is 0. The molecule has 2 rings (SSSR count). The van der Waals surface area contributed by atoms with Crippen molar-refractivity contribution in [1.82, 2.24) is 10.3 Å². The minimum atomic E-state index is -3.16. The summed E-state index contributed by atoms with van der Waals surface area (Å²) in [7, 11) is -3.16. The summed E-state index contributed by atoms with van der Waals surface area (Å²) in [5, 5.41) is 3.29. The van der Waals surface area contributed by atoms with Crippen LogP contribution in [0, 0.1) is 0 Å². The Morgan fingerprint density at radius 3 is 2.77 bits per heavy atom. The lowest BCUT2D eigenvalue weighted by Crippen LogP contribution is -2.01. The quantitative estimate of drug-likeness (QED) is 0.694. The first-order chi connectivity index (χ1) is 6.07. The van der Waals surface area contributed by atoms with Crippen molar-refractivity contribution < 1.29 is 8.42 Å². The fourth-order valence-corrected chi connectivity index (χ4v) is 1.96. The van der Waals surface area contributed by atoms with Gasteiger partial charge in [-0.25, -0.2) is 13.4 Å². The molecule has 0 saturated heterocycles. The van der Waals surface area contributed by atoms with Crippen LogP contribution in [0.3, 0.4) is 0 Å². The first-order valence-electron chi connectivity index (χ1n) is 3.96. The first-order valence-corrected chi connectivity index (χ1v) is 5.85. The van der Waals surface area contributed by atoms with Crippen LogP contribution in [-0.4, -0.2) is 19.7 Å². The number of nitrogens with zero attached hydrogens (tertiary/aromatic N) is 1. The Bertz CT molecular complexity index is 439. The van der Waals surface area contributed by atoms with Crippen LogP contribution in [0.25, 0.3) is 0 Å². The Hall–Kier alpha value is -0.940. The van der Waals surface area contributed by atoms with Gasteiger partial charge in [0.2, 0.25) is 0 Å². The monoisotopic (exact) mass is 198 g/mol. The lowest BCUT2D eigenvalue weighted by molar-refractivity contribution is 0.598. The van der Waals surface area contributed by atoms with Crippen molar-refractivity contribution in [2.45, 2.75) is 18.1 Å². The van der Waals surface area contributed by atoms with Crippen LogP contribution in [0.4, 0.5) is 0 Å². The predicted molar refractivity (Wildman–Crippen MR) is 47.9 cm³/mol. The van der Waals surface area contributed by atoms with Crippen LogP contribution in [0.5, 0.6) is 0 Å². The summed E-state index contributed by atoms with van der Waals surface area (Å²) in [6.07, 6.45) is 2.80. The largest absolute Gasteiger partial charge is 0.309 e. The van der Waals surface area contributed by atoms with Crippen molar-refractivity contribution in [3.05, 3.63) is 23.4 Å². The molecule has 70 valence electrons. The van der Waals surface area contributed by atoms with Crippen molar-refractivity contribution in [2.24, 2.45) is 0 Å². The molecule has 0 radical (unpaired) electrons. The molecule has 0 atom stereocenters. The van der Waals surface area contributed by atoms with Crippen molar-refractivity contribution in [3.63, 3.8) is 0 Å². The fraction of sp³-hybridized carbons (Fsp3) is 0.375. The van der Waals surface area contributed by atoms with Crippen molar-refractivity contribution in [3.8, 4) is 0 Å². The van der Waals surface area contributed by atoms with Crippen LogP contribution < -0.4 is 5.32 Å². The van der Waals surface area contributed by atoms with Gasteiger partial charge in [-0.2, -0.15) is 0 Å². The Kier molecular flexibility index (Phi) is 1.85. The van der Waals surface area contributed by atoms with Gasteiger partial charge < -0.3 is 5.32 Å². The molecule has 0 fully saturated rings. The smallest absolute Gasteiger partial charge is 0.192 e. The highest BCUT2D eigenvalue weighted by atomic mass is 32.2. The van der Waals surface area contributed by atoms with Gasteiger partial charge in [-0.3, -0.25) is 0 Å². The Morgan fingerprint density at radius 2 is 2.08 bits per heavy atom. The molecule has 0 aliphatic carbocycles. The van der Waals surface area contributed by atoms with Crippen molar-refractivity contribution in [1.29, 1.82) is 0 Å². The van der Waals surface area contributed by atoms with Crippen molar-refractivity contribution in [2.75, 3.05) is 6.26 Å². The van der Waals surface area contributed by atoms with Crippen LogP contribution in [-0.2, 0) is 22.9 Å². The van der Waals surface area contributed by atoms with E-state index in [1.54, 1.807) is 12.3 Å². The molecule has 0 saturated carbocycles. The van der Waals surface area contributed by atoms with Gasteiger partial charge in [-0.15, -0.1) is 0 Å². The molecule has 1 N–H and O–H groups in total. The second kappa shape index (κ2) is 2.78. The summed E-state index contributed by atoms with van der Waals surface area (Å²) in [5.41, 5.74) is 2.13. The van der Waals surface area contributed by atoms with Gasteiger partial charge in [-0.1, -0.05) is 0 Å². The minimum Gasteiger partial charge on any atom is -0.309 e. The predicted octanol–water partition coefficient (Wildman–Crippen LogP) is 0.0883. The fourth-order valence-electron chi connectivity index (χ4n) is 1.36. The Balaban J connectivity index is 2.54. The van der Waals surface area contributed by atoms with E-state index in [4.69, 9.17) is 0 Å². The van der Waals surface area contributed by atoms with E-state index < -0.39 is 9.84 Å². The van der Waals surface area contributed by atoms with E-state index in [1.807, 2.05) is 0 Å². The number of rotatable bonds is 1. The summed E-state index contributed by atoms with van der Waals surface area (Å²) in [6, 6.07) is 1.64. The van der Waals surface area contributed by atoms with Crippen LogP contribution in [0.15, 0.2) is 17.3 Å². The number of nitrogens with one attached hydrogen (secondary N) is 1. The number of hydrogen-bond acceptors (Lipinski definition) is 4. The molecule has 4 nitrogen and oxygen atoms in total. The minimum absolute atomic E-state index is 0.162. The molecule has 2 heterocycles. The van der Waals surface area contributed by atoms with Crippen LogP contribution >= 0.6 is 0 Å². The standard InChI is InChI=1S/C8H10N2O2S/c1-13(11,12)8-2-6-3-9-4-7(6)5-10-8/h2,5,9H,3-4H2,1H3. The maximum atomic E-state index is 11.1. The van der Waals surface area contributed by atoms with Gasteiger partial charge in [0, 0.05) is 25.5 Å². The molecule has 5 heteroatoms. The van der Waals surface area contributed by atoms with E-state index in [0.717, 1.165) is 24.2 Å². The number of hydrogen-bond donors (Lipinski definition) is 1. The average molecular weight is 198 g/mol. The molecule has 0 unspecified atom stereocenters. The molecule has 0 aromatic carbocycles. The van der Waals surface area contributed by atoms with E-state index in [9.17, 15) is 8.42 Å². The van der Waals surface area contributed by atoms with Gasteiger partial charge in [0.05, 0.1) is 0 Å². The lowest BCUT2D eigenvalue weighted by Gasteiger charge is -2.00. The SMILES string of the molecule is CS(=O)(=O)c1cc2c(cn1)CNC2. The highest BCUT2D eigenvalue weighted by molar-refractivity contribution is 7.90. The third-order valence-corrected chi connectivity index (χ3v) is 3.05. The molecule has 1 aromatic rings. The van der Waals surface area contributed by atoms with Gasteiger partial charge in [0.1, 0.15) is 0 Å². The van der Waals surface area contributed by atoms with Crippen LogP contribution in [0.2, 0.25) is 0 Å². The summed E-state index contributed by atoms with van der Waals surface area (Å²) in [6.45, 7) is 1.52. The summed E-state index contributed by atoms with van der Waals surface area (Å²) in [4.78, 5) is 3.89. The van der Waals surface area contributed by atoms with Gasteiger partial charge >= 0.3 is 0 Å². The van der Waals surface area contributed by atoms with Gasteiger partial charge in [-0.05, 0) is 17.2 Å². The molecule has 0 spiro atoms. The molecule has 0 amide bonds. The zero-order valence-corrected chi connectivity index (χ0v) is 8.06. The number of fused-ring (bicyclic) bond motifs is 1. The number of pyridine rings is 1. The third-order valence-electron chi connectivity index (χ3n) is 2.07. The normalized spacial score (nSPS) is 15.8. The van der Waals surface area contributed by atoms with E-state index >= 15 is 0 Å². The van der Waals surface area contributed by atoms with Crippen molar-refractivity contribution >= 4 is 9.84 Å². The topological polar surface area (TPSA) is 59.1 Å². The zero-order chi connectivity index (χ0) is 9.47. The first kappa shape index (κ1) is 8.65. The summed E-state index contributed by atoms with van der Waals surface area (Å²) < 4.78 is 22.3. The number of aromatic nitrogens is 1. The average Bonchev–Trinajstić information content (AvgIpc) is 2.47. The molecular formula is C8H10N2O2S. The molecule has 1 aromatic heterocycles. The summed E-state index contributed by atoms with van der Waals surface area (Å²) in [5.74, 6) is 0. The lowest BCUT2D eigenvalue weighted by atomic mass is 10.2. The third kappa shape index (κ3) is 1.57. The Labute approximate surface area is 76.9 Å². The molecule has 1 aliphatic rings. The van der Waals surface area contributed by atoms with E-state index in [2.05, 4.69) is 10.3 Å². The molecule has 0 bridgehead atoms. The van der Waals surface area contributed by atoms with E-state index in [0.29, 0.717) is 0 Å². The highest BCUT2D eigenvalue weighted by Crippen LogP contribution is 2.17. The second-order valence-electron chi connectivity index (χ2n) is 3.17. The maximum absolute atomic E-state index is 11.1.